The predicted octanol–water partition coefficient (Wildman–Crippen LogP) is -3.83. The van der Waals surface area contributed by atoms with Gasteiger partial charge in [-0.25, -0.2) is 0 Å². The molecule has 0 bridgehead atoms. The van der Waals surface area contributed by atoms with E-state index in [4.69, 9.17) is 11.5 Å². The zero-order chi connectivity index (χ0) is 30.1. The molecule has 223 valence electrons. The summed E-state index contributed by atoms with van der Waals surface area (Å²) < 4.78 is 0. The maximum absolute atomic E-state index is 12.9. The van der Waals surface area contributed by atoms with Crippen LogP contribution in [0.4, 0.5) is 0 Å². The van der Waals surface area contributed by atoms with E-state index in [1.807, 2.05) is 0 Å². The van der Waals surface area contributed by atoms with Gasteiger partial charge in [0.1, 0.15) is 24.2 Å². The van der Waals surface area contributed by atoms with Crippen molar-refractivity contribution in [1.82, 2.24) is 26.6 Å². The van der Waals surface area contributed by atoms with Crippen LogP contribution in [0.1, 0.15) is 33.1 Å². The number of unbranched alkanes of at least 4 members (excludes halogenated alkanes) is 1. The zero-order valence-corrected chi connectivity index (χ0v) is 24.6. The van der Waals surface area contributed by atoms with Gasteiger partial charge in [-0.15, -0.1) is 0 Å². The number of rotatable bonds is 19. The molecule has 14 nitrogen and oxygen atoms in total. The van der Waals surface area contributed by atoms with Crippen molar-refractivity contribution in [2.45, 2.75) is 75.5 Å². The Morgan fingerprint density at radius 1 is 0.744 bits per heavy atom. The average molecular weight is 611 g/mol. The van der Waals surface area contributed by atoms with Crippen molar-refractivity contribution < 1.29 is 33.9 Å². The maximum Gasteiger partial charge on any atom is 0.245 e. The van der Waals surface area contributed by atoms with E-state index in [1.54, 1.807) is 6.29 Å². The van der Waals surface area contributed by atoms with Gasteiger partial charge in [0.05, 0.1) is 18.2 Å². The third-order valence-electron chi connectivity index (χ3n) is 5.35. The molecule has 1 unspecified atom stereocenters. The first-order valence-electron chi connectivity index (χ1n) is 12.2. The molecule has 0 heterocycles. The van der Waals surface area contributed by atoms with Crippen LogP contribution in [-0.2, 0) is 28.8 Å². The summed E-state index contributed by atoms with van der Waals surface area (Å²) in [4.78, 5) is 73.6. The Balaban J connectivity index is 5.29. The van der Waals surface area contributed by atoms with Gasteiger partial charge in [0, 0.05) is 17.3 Å². The van der Waals surface area contributed by atoms with Crippen LogP contribution < -0.4 is 38.1 Å². The van der Waals surface area contributed by atoms with Gasteiger partial charge < -0.3 is 43.2 Å². The second-order valence-corrected chi connectivity index (χ2v) is 9.79. The second-order valence-electron chi connectivity index (χ2n) is 8.70. The normalized spacial score (nSPS) is 16.3. The molecule has 7 atom stereocenters. The molecule has 0 aliphatic carbocycles. The molecule has 0 aliphatic rings. The van der Waals surface area contributed by atoms with Gasteiger partial charge in [0.25, 0.3) is 0 Å². The van der Waals surface area contributed by atoms with Gasteiger partial charge in [0.2, 0.25) is 35.8 Å². The molecule has 10 N–H and O–H groups in total. The Morgan fingerprint density at radius 2 is 1.18 bits per heavy atom. The number of aliphatic hydroxyl groups is 1. The summed E-state index contributed by atoms with van der Waals surface area (Å²) in [6.45, 7) is 3.10. The minimum absolute atomic E-state index is 0.115. The molecule has 0 rings (SSSR count). The standard InChI is InChI=1S/C22H40N7O7S3/c1-11(7-30)25-19(33)14(8-37)27-20(34)15(9-38)28-22(36)17(12(2)31)29-21(35)16(10-39)26-18(32)13(24)5-3-4-6-23/h11-17,31,37-39H,3-6,8-10,23-24H2,1-2H3,(H,25,33)(H,26,32)(H,27,34)(H,28,36)(H,29,35)/t11?,12-,13+,14+,15+,16+,17+/m1/s1. The molecule has 0 aliphatic heterocycles. The fourth-order valence-electron chi connectivity index (χ4n) is 3.04. The molecule has 0 fully saturated rings. The quantitative estimate of drug-likeness (QED) is 0.0507. The number of carbonyl (C=O) groups excluding carboxylic acids is 6. The van der Waals surface area contributed by atoms with E-state index in [0.29, 0.717) is 25.8 Å². The topological polar surface area (TPSA) is 235 Å². The first-order chi connectivity index (χ1) is 18.4. The minimum Gasteiger partial charge on any atom is -0.391 e. The number of nitrogens with two attached hydrogens (primary N) is 2. The van der Waals surface area contributed by atoms with Crippen LogP contribution in [0.3, 0.4) is 0 Å². The van der Waals surface area contributed by atoms with E-state index in [1.165, 1.54) is 13.8 Å². The third kappa shape index (κ3) is 13.7. The van der Waals surface area contributed by atoms with E-state index >= 15 is 0 Å². The van der Waals surface area contributed by atoms with Crippen molar-refractivity contribution in [1.29, 1.82) is 0 Å². The van der Waals surface area contributed by atoms with E-state index in [-0.39, 0.29) is 17.3 Å². The van der Waals surface area contributed by atoms with Crippen molar-refractivity contribution in [3.8, 4) is 0 Å². The molecule has 0 saturated heterocycles. The molecule has 5 amide bonds. The number of thiol groups is 3. The van der Waals surface area contributed by atoms with Crippen molar-refractivity contribution >= 4 is 73.7 Å². The van der Waals surface area contributed by atoms with E-state index in [2.05, 4.69) is 64.5 Å². The molecule has 0 aromatic heterocycles. The van der Waals surface area contributed by atoms with Crippen LogP contribution in [0.5, 0.6) is 0 Å². The molecule has 1 radical (unpaired) electrons. The summed E-state index contributed by atoms with van der Waals surface area (Å²) in [6.07, 6.45) is 1.86. The molecule has 17 heteroatoms. The van der Waals surface area contributed by atoms with Gasteiger partial charge in [-0.1, -0.05) is 6.42 Å². The number of hydrogen-bond donors (Lipinski definition) is 11. The molecule has 0 aromatic carbocycles. The van der Waals surface area contributed by atoms with E-state index < -0.39 is 71.9 Å². The fraction of sp³-hybridized carbons (Fsp3) is 0.727. The molecule has 0 spiro atoms. The SMILES string of the molecule is CC([C]=O)NC(=O)[C@H](CS)NC(=O)[C@H](CS)NC(=O)[C@@H](NC(=O)[C@H](CS)NC(=O)[C@@H](N)CCCCN)[C@@H](C)O. The maximum atomic E-state index is 12.9. The van der Waals surface area contributed by atoms with Gasteiger partial charge in [-0.05, 0) is 33.2 Å². The lowest BCUT2D eigenvalue weighted by Gasteiger charge is -2.27. The molecule has 39 heavy (non-hydrogen) atoms. The largest absolute Gasteiger partial charge is 0.391 e. The summed E-state index contributed by atoms with van der Waals surface area (Å²) in [5, 5.41) is 22.0. The Labute approximate surface area is 244 Å². The lowest BCUT2D eigenvalue weighted by atomic mass is 10.1. The molecule has 0 aromatic rings. The highest BCUT2D eigenvalue weighted by Crippen LogP contribution is 2.02. The first kappa shape index (κ1) is 37.0. The molecular weight excluding hydrogens is 570 g/mol. The van der Waals surface area contributed by atoms with E-state index in [0.717, 1.165) is 0 Å². The van der Waals surface area contributed by atoms with Crippen LogP contribution in [0.15, 0.2) is 0 Å². The number of hydrogen-bond acceptors (Lipinski definition) is 12. The van der Waals surface area contributed by atoms with Crippen molar-refractivity contribution in [3.05, 3.63) is 0 Å². The van der Waals surface area contributed by atoms with Crippen LogP contribution in [-0.4, -0.2) is 107 Å². The Bertz CT molecular complexity index is 838. The summed E-state index contributed by atoms with van der Waals surface area (Å²) in [5.74, 6) is -4.25. The average Bonchev–Trinajstić information content (AvgIpc) is 2.90. The molecular formula is C22H40N7O7S3. The highest BCUT2D eigenvalue weighted by molar-refractivity contribution is 7.80. The van der Waals surface area contributed by atoms with Crippen LogP contribution in [0, 0.1) is 0 Å². The summed E-state index contributed by atoms with van der Waals surface area (Å²) in [5.41, 5.74) is 11.3. The highest BCUT2D eigenvalue weighted by Gasteiger charge is 2.33. The van der Waals surface area contributed by atoms with Gasteiger partial charge >= 0.3 is 0 Å². The fourth-order valence-corrected chi connectivity index (χ4v) is 3.81. The minimum atomic E-state index is -1.52. The summed E-state index contributed by atoms with van der Waals surface area (Å²) >= 11 is 12.1. The van der Waals surface area contributed by atoms with Gasteiger partial charge in [0.15, 0.2) is 0 Å². The lowest BCUT2D eigenvalue weighted by molar-refractivity contribution is -0.135. The monoisotopic (exact) mass is 610 g/mol. The number of nitrogens with one attached hydrogen (secondary N) is 5. The Morgan fingerprint density at radius 3 is 1.62 bits per heavy atom. The first-order valence-corrected chi connectivity index (χ1v) is 14.1. The van der Waals surface area contributed by atoms with Crippen molar-refractivity contribution in [3.63, 3.8) is 0 Å². The van der Waals surface area contributed by atoms with Crippen LogP contribution >= 0.6 is 37.9 Å². The Hall–Kier alpha value is -2.05. The molecule has 0 saturated carbocycles. The third-order valence-corrected chi connectivity index (χ3v) is 6.45. The van der Waals surface area contributed by atoms with Crippen molar-refractivity contribution in [2.75, 3.05) is 23.8 Å². The van der Waals surface area contributed by atoms with Gasteiger partial charge in [-0.3, -0.25) is 28.8 Å². The van der Waals surface area contributed by atoms with E-state index in [9.17, 15) is 33.9 Å². The number of carbonyl (C=O) groups is 5. The smallest absolute Gasteiger partial charge is 0.245 e. The zero-order valence-electron chi connectivity index (χ0n) is 21.9. The van der Waals surface area contributed by atoms with Crippen LogP contribution in [0.25, 0.3) is 0 Å². The second kappa shape index (κ2) is 19.9. The summed E-state index contributed by atoms with van der Waals surface area (Å²) in [7, 11) is 0. The Kier molecular flexibility index (Phi) is 18.9. The lowest BCUT2D eigenvalue weighted by Crippen LogP contribution is -2.62. The number of aliphatic hydroxyl groups excluding tert-OH is 1. The number of amides is 5. The van der Waals surface area contributed by atoms with Gasteiger partial charge in [-0.2, -0.15) is 37.9 Å². The van der Waals surface area contributed by atoms with Crippen molar-refractivity contribution in [2.24, 2.45) is 11.5 Å². The predicted molar refractivity (Wildman–Crippen MR) is 155 cm³/mol. The highest BCUT2D eigenvalue weighted by atomic mass is 32.1. The summed E-state index contributed by atoms with van der Waals surface area (Å²) in [6, 6.07) is -6.87. The van der Waals surface area contributed by atoms with Crippen LogP contribution in [0.2, 0.25) is 0 Å².